The highest BCUT2D eigenvalue weighted by molar-refractivity contribution is 6.32. The van der Waals surface area contributed by atoms with Crippen LogP contribution in [0.15, 0.2) is 73.4 Å². The van der Waals surface area contributed by atoms with Crippen molar-refractivity contribution < 1.29 is 9.53 Å². The number of carbonyl (C=O) groups is 1. The largest absolute Gasteiger partial charge is 0.467 e. The molecule has 0 spiro atoms. The van der Waals surface area contributed by atoms with Crippen LogP contribution in [0.5, 0.6) is 6.01 Å². The first kappa shape index (κ1) is 30.4. The number of amides is 2. The Labute approximate surface area is 270 Å². The van der Waals surface area contributed by atoms with Gasteiger partial charge in [-0.25, -0.2) is 29.7 Å². The molecule has 4 heterocycles. The third kappa shape index (κ3) is 6.87. The fourth-order valence-electron chi connectivity index (χ4n) is 5.43. The Hall–Kier alpha value is -5.61. The van der Waals surface area contributed by atoms with Gasteiger partial charge in [-0.05, 0) is 48.9 Å². The summed E-state index contributed by atoms with van der Waals surface area (Å²) in [4.78, 5) is 37.5. The van der Waals surface area contributed by atoms with Crippen LogP contribution in [0, 0.1) is 11.3 Å². The van der Waals surface area contributed by atoms with E-state index in [0.29, 0.717) is 47.6 Å². The SMILES string of the molecule is COc1ncc(-c2ccnc(N(C(=O)NCc3ccccc3)[C@H]3CC[C@H](Nc4ncc(C#N)c(-c5n[nH]cc5Cl)n4)CC3)c2)cn1. The molecule has 1 aromatic carbocycles. The minimum atomic E-state index is -0.230. The number of aromatic nitrogens is 7. The number of nitrogens with zero attached hydrogens (tertiary/aromatic N) is 8. The number of hydrogen-bond acceptors (Lipinski definition) is 10. The summed E-state index contributed by atoms with van der Waals surface area (Å²) in [6.07, 6.45) is 11.0. The molecule has 1 aliphatic rings. The quantitative estimate of drug-likeness (QED) is 0.191. The topological polar surface area (TPSA) is 171 Å². The first-order chi connectivity index (χ1) is 22.5. The Kier molecular flexibility index (Phi) is 9.26. The predicted molar refractivity (Wildman–Crippen MR) is 172 cm³/mol. The van der Waals surface area contributed by atoms with Crippen LogP contribution in [0.25, 0.3) is 22.5 Å². The molecule has 6 rings (SSSR count). The maximum atomic E-state index is 13.8. The lowest BCUT2D eigenvalue weighted by molar-refractivity contribution is 0.240. The van der Waals surface area contributed by atoms with Gasteiger partial charge in [0.2, 0.25) is 5.95 Å². The summed E-state index contributed by atoms with van der Waals surface area (Å²) in [5.41, 5.74) is 3.62. The van der Waals surface area contributed by atoms with Crippen LogP contribution < -0.4 is 20.3 Å². The van der Waals surface area contributed by atoms with E-state index in [1.807, 2.05) is 42.5 Å². The number of urea groups is 1. The monoisotopic (exact) mass is 635 g/mol. The molecular formula is C32H30ClN11O2. The van der Waals surface area contributed by atoms with Crippen LogP contribution in [0.3, 0.4) is 0 Å². The van der Waals surface area contributed by atoms with Crippen molar-refractivity contribution in [1.82, 2.24) is 40.4 Å². The second-order valence-electron chi connectivity index (χ2n) is 10.7. The van der Waals surface area contributed by atoms with Crippen LogP contribution in [0.2, 0.25) is 5.02 Å². The number of rotatable bonds is 9. The molecule has 1 fully saturated rings. The lowest BCUT2D eigenvalue weighted by Crippen LogP contribution is -2.49. The van der Waals surface area contributed by atoms with Crippen molar-refractivity contribution in [3.05, 3.63) is 89.6 Å². The summed E-state index contributed by atoms with van der Waals surface area (Å²) in [5.74, 6) is 0.913. The lowest BCUT2D eigenvalue weighted by Gasteiger charge is -2.36. The number of ether oxygens (including phenoxy) is 1. The maximum absolute atomic E-state index is 13.8. The number of hydrogen-bond donors (Lipinski definition) is 3. The van der Waals surface area contributed by atoms with E-state index in [1.54, 1.807) is 23.5 Å². The van der Waals surface area contributed by atoms with Crippen molar-refractivity contribution in [3.8, 4) is 34.6 Å². The van der Waals surface area contributed by atoms with E-state index in [1.165, 1.54) is 19.5 Å². The summed E-state index contributed by atoms with van der Waals surface area (Å²) in [6.45, 7) is 0.386. The molecule has 0 saturated heterocycles. The van der Waals surface area contributed by atoms with Gasteiger partial charge in [0.25, 0.3) is 0 Å². The van der Waals surface area contributed by atoms with Gasteiger partial charge in [0.1, 0.15) is 23.3 Å². The van der Waals surface area contributed by atoms with Gasteiger partial charge in [-0.3, -0.25) is 10.00 Å². The summed E-state index contributed by atoms with van der Waals surface area (Å²) >= 11 is 6.25. The smallest absolute Gasteiger partial charge is 0.323 e. The Balaban J connectivity index is 1.20. The number of nitriles is 1. The molecule has 46 heavy (non-hydrogen) atoms. The molecule has 14 heteroatoms. The zero-order valence-corrected chi connectivity index (χ0v) is 25.6. The molecule has 4 aromatic heterocycles. The highest BCUT2D eigenvalue weighted by atomic mass is 35.5. The minimum Gasteiger partial charge on any atom is -0.467 e. The van der Waals surface area contributed by atoms with Crippen molar-refractivity contribution >= 4 is 29.4 Å². The van der Waals surface area contributed by atoms with Crippen molar-refractivity contribution in [2.24, 2.45) is 0 Å². The number of benzene rings is 1. The highest BCUT2D eigenvalue weighted by Crippen LogP contribution is 2.31. The molecular weight excluding hydrogens is 606 g/mol. The van der Waals surface area contributed by atoms with E-state index >= 15 is 0 Å². The van der Waals surface area contributed by atoms with Crippen LogP contribution in [0.4, 0.5) is 16.6 Å². The average Bonchev–Trinajstić information content (AvgIpc) is 3.54. The zero-order chi connectivity index (χ0) is 31.9. The first-order valence-electron chi connectivity index (χ1n) is 14.7. The van der Waals surface area contributed by atoms with Crippen LogP contribution in [-0.2, 0) is 6.54 Å². The molecule has 2 amide bonds. The second-order valence-corrected chi connectivity index (χ2v) is 11.1. The third-order valence-corrected chi connectivity index (χ3v) is 8.05. The minimum absolute atomic E-state index is 0.0525. The number of methoxy groups -OCH3 is 1. The summed E-state index contributed by atoms with van der Waals surface area (Å²) in [7, 11) is 1.52. The standard InChI is InChI=1S/C32H30ClN11O2/c1-46-31-37-17-23(18-38-31)21-11-12-35-27(13-21)44(32(45)39-15-20-5-3-2-4-6-20)25-9-7-24(8-10-25)41-30-36-16-22(14-34)28(42-30)29-26(33)19-40-43-29/h2-6,11-13,16-19,24-25H,7-10,15H2,1H3,(H,39,45)(H,40,43)(H,36,41,42)/t24-,25-. The second kappa shape index (κ2) is 14.0. The Morgan fingerprint density at radius 1 is 1.04 bits per heavy atom. The Morgan fingerprint density at radius 3 is 2.52 bits per heavy atom. The van der Waals surface area contributed by atoms with E-state index < -0.39 is 0 Å². The normalized spacial score (nSPS) is 15.8. The molecule has 0 atom stereocenters. The Morgan fingerprint density at radius 2 is 1.83 bits per heavy atom. The van der Waals surface area contributed by atoms with Crippen molar-refractivity contribution in [3.63, 3.8) is 0 Å². The molecule has 1 saturated carbocycles. The molecule has 13 nitrogen and oxygen atoms in total. The molecule has 1 aliphatic carbocycles. The van der Waals surface area contributed by atoms with Crippen molar-refractivity contribution in [2.45, 2.75) is 44.3 Å². The first-order valence-corrected chi connectivity index (χ1v) is 15.1. The predicted octanol–water partition coefficient (Wildman–Crippen LogP) is 5.39. The molecule has 0 bridgehead atoms. The van der Waals surface area contributed by atoms with Gasteiger partial charge < -0.3 is 15.4 Å². The zero-order valence-electron chi connectivity index (χ0n) is 24.9. The number of pyridine rings is 1. The molecule has 0 aliphatic heterocycles. The molecule has 3 N–H and O–H groups in total. The van der Waals surface area contributed by atoms with Gasteiger partial charge in [0.15, 0.2) is 0 Å². The van der Waals surface area contributed by atoms with Crippen LogP contribution in [-0.4, -0.2) is 60.3 Å². The van der Waals surface area contributed by atoms with Crippen LogP contribution >= 0.6 is 11.6 Å². The van der Waals surface area contributed by atoms with E-state index in [0.717, 1.165) is 29.5 Å². The fourth-order valence-corrected chi connectivity index (χ4v) is 5.61. The lowest BCUT2D eigenvalue weighted by atomic mass is 9.90. The van der Waals surface area contributed by atoms with Gasteiger partial charge in [-0.15, -0.1) is 0 Å². The van der Waals surface area contributed by atoms with Gasteiger partial charge in [-0.1, -0.05) is 41.9 Å². The number of nitrogens with one attached hydrogen (secondary N) is 3. The summed E-state index contributed by atoms with van der Waals surface area (Å²) < 4.78 is 5.09. The van der Waals surface area contributed by atoms with E-state index in [2.05, 4.69) is 51.8 Å². The summed E-state index contributed by atoms with van der Waals surface area (Å²) in [5, 5.41) is 23.2. The maximum Gasteiger partial charge on any atom is 0.323 e. The van der Waals surface area contributed by atoms with E-state index in [9.17, 15) is 10.1 Å². The van der Waals surface area contributed by atoms with Gasteiger partial charge in [-0.2, -0.15) is 10.4 Å². The molecule has 0 radical (unpaired) electrons. The third-order valence-electron chi connectivity index (χ3n) is 7.76. The molecule has 0 unspecified atom stereocenters. The van der Waals surface area contributed by atoms with E-state index in [4.69, 9.17) is 16.3 Å². The van der Waals surface area contributed by atoms with Crippen molar-refractivity contribution in [2.75, 3.05) is 17.3 Å². The number of carbonyl (C=O) groups excluding carboxylic acids is 1. The number of anilines is 2. The van der Waals surface area contributed by atoms with Gasteiger partial charge in [0, 0.05) is 49.0 Å². The van der Waals surface area contributed by atoms with Gasteiger partial charge in [0.05, 0.1) is 23.9 Å². The van der Waals surface area contributed by atoms with Crippen LogP contribution in [0.1, 0.15) is 36.8 Å². The number of halogens is 1. The fraction of sp³-hybridized carbons (Fsp3) is 0.250. The number of aromatic amines is 1. The summed E-state index contributed by atoms with van der Waals surface area (Å²) in [6, 6.07) is 15.6. The average molecular weight is 636 g/mol. The number of H-pyrrole nitrogens is 1. The van der Waals surface area contributed by atoms with Gasteiger partial charge >= 0.3 is 12.0 Å². The van der Waals surface area contributed by atoms with E-state index in [-0.39, 0.29) is 29.7 Å². The Bertz CT molecular complexity index is 1840. The van der Waals surface area contributed by atoms with Crippen molar-refractivity contribution in [1.29, 1.82) is 5.26 Å². The highest BCUT2D eigenvalue weighted by Gasteiger charge is 2.31. The molecule has 232 valence electrons. The molecule has 5 aromatic rings.